The number of carbonyl (C=O) groups is 1. The highest BCUT2D eigenvalue weighted by Gasteiger charge is 2.31. The van der Waals surface area contributed by atoms with E-state index in [1.807, 2.05) is 29.2 Å². The zero-order chi connectivity index (χ0) is 23.1. The van der Waals surface area contributed by atoms with E-state index in [2.05, 4.69) is 37.9 Å². The molecule has 174 valence electrons. The van der Waals surface area contributed by atoms with Crippen molar-refractivity contribution in [3.63, 3.8) is 0 Å². The van der Waals surface area contributed by atoms with Crippen LogP contribution in [0.15, 0.2) is 48.5 Å². The SMILES string of the molecule is CC(C)COc1ccc(CNC(=O)N(Cc2ccc(F)cc2)CC2CN(C(C)C)C2)cc1. The van der Waals surface area contributed by atoms with Gasteiger partial charge in [-0.1, -0.05) is 38.1 Å². The summed E-state index contributed by atoms with van der Waals surface area (Å²) in [6, 6.07) is 14.6. The first-order chi connectivity index (χ1) is 15.3. The third-order valence-electron chi connectivity index (χ3n) is 5.72. The zero-order valence-electron chi connectivity index (χ0n) is 19.7. The van der Waals surface area contributed by atoms with Crippen molar-refractivity contribution in [2.45, 2.75) is 46.8 Å². The molecule has 0 bridgehead atoms. The molecule has 2 aromatic rings. The molecule has 0 unspecified atom stereocenters. The number of likely N-dealkylation sites (tertiary alicyclic amines) is 1. The number of nitrogens with zero attached hydrogens (tertiary/aromatic N) is 2. The number of nitrogens with one attached hydrogen (secondary N) is 1. The van der Waals surface area contributed by atoms with Crippen LogP contribution in [0.2, 0.25) is 0 Å². The average Bonchev–Trinajstić information content (AvgIpc) is 2.73. The Kier molecular flexibility index (Phi) is 8.51. The van der Waals surface area contributed by atoms with E-state index in [1.165, 1.54) is 12.1 Å². The number of urea groups is 1. The van der Waals surface area contributed by atoms with E-state index in [4.69, 9.17) is 4.74 Å². The summed E-state index contributed by atoms with van der Waals surface area (Å²) in [6.45, 7) is 12.9. The molecular weight excluding hydrogens is 405 g/mol. The van der Waals surface area contributed by atoms with Crippen LogP contribution in [0, 0.1) is 17.7 Å². The smallest absolute Gasteiger partial charge is 0.317 e. The van der Waals surface area contributed by atoms with Gasteiger partial charge < -0.3 is 19.9 Å². The normalized spacial score (nSPS) is 14.5. The van der Waals surface area contributed by atoms with Gasteiger partial charge in [-0.3, -0.25) is 0 Å². The number of halogens is 1. The Bertz CT molecular complexity index is 846. The lowest BCUT2D eigenvalue weighted by Crippen LogP contribution is -2.55. The van der Waals surface area contributed by atoms with Crippen LogP contribution in [0.25, 0.3) is 0 Å². The number of rotatable bonds is 10. The molecule has 1 heterocycles. The maximum Gasteiger partial charge on any atom is 0.317 e. The van der Waals surface area contributed by atoms with E-state index in [9.17, 15) is 9.18 Å². The molecule has 2 amide bonds. The third-order valence-corrected chi connectivity index (χ3v) is 5.72. The fourth-order valence-electron chi connectivity index (χ4n) is 3.74. The van der Waals surface area contributed by atoms with Gasteiger partial charge in [-0.05, 0) is 55.2 Å². The second kappa shape index (κ2) is 11.3. The minimum Gasteiger partial charge on any atom is -0.493 e. The lowest BCUT2D eigenvalue weighted by atomic mass is 9.97. The molecular formula is C26H36FN3O2. The molecule has 1 saturated heterocycles. The van der Waals surface area contributed by atoms with Gasteiger partial charge in [-0.25, -0.2) is 9.18 Å². The molecule has 0 saturated carbocycles. The summed E-state index contributed by atoms with van der Waals surface area (Å²) < 4.78 is 19.0. The minimum atomic E-state index is -0.267. The molecule has 2 aromatic carbocycles. The summed E-state index contributed by atoms with van der Waals surface area (Å²) in [4.78, 5) is 17.3. The Morgan fingerprint density at radius 1 is 1.06 bits per heavy atom. The van der Waals surface area contributed by atoms with Gasteiger partial charge in [0, 0.05) is 44.7 Å². The summed E-state index contributed by atoms with van der Waals surface area (Å²) in [5.74, 6) is 1.51. The van der Waals surface area contributed by atoms with E-state index in [0.29, 0.717) is 44.1 Å². The van der Waals surface area contributed by atoms with Crippen molar-refractivity contribution in [3.05, 3.63) is 65.5 Å². The van der Waals surface area contributed by atoms with Gasteiger partial charge in [-0.15, -0.1) is 0 Å². The van der Waals surface area contributed by atoms with Gasteiger partial charge in [0.05, 0.1) is 6.61 Å². The molecule has 0 spiro atoms. The topological polar surface area (TPSA) is 44.8 Å². The molecule has 1 N–H and O–H groups in total. The van der Waals surface area contributed by atoms with Crippen LogP contribution in [0.4, 0.5) is 9.18 Å². The number of amides is 2. The maximum absolute atomic E-state index is 13.3. The monoisotopic (exact) mass is 441 g/mol. The van der Waals surface area contributed by atoms with Gasteiger partial charge in [-0.2, -0.15) is 0 Å². The highest BCUT2D eigenvalue weighted by Crippen LogP contribution is 2.21. The summed E-state index contributed by atoms with van der Waals surface area (Å²) in [6.07, 6.45) is 0. The van der Waals surface area contributed by atoms with Gasteiger partial charge >= 0.3 is 6.03 Å². The van der Waals surface area contributed by atoms with Crippen LogP contribution in [0.5, 0.6) is 5.75 Å². The standard InChI is InChI=1S/C26H36FN3O2/c1-19(2)18-32-25-11-7-21(8-12-25)13-28-26(31)30(14-22-5-9-24(27)10-6-22)17-23-15-29(16-23)20(3)4/h5-12,19-20,23H,13-18H2,1-4H3,(H,28,31). The van der Waals surface area contributed by atoms with Crippen molar-refractivity contribution in [3.8, 4) is 5.75 Å². The van der Waals surface area contributed by atoms with Gasteiger partial charge in [0.15, 0.2) is 0 Å². The van der Waals surface area contributed by atoms with Crippen molar-refractivity contribution < 1.29 is 13.9 Å². The molecule has 0 atom stereocenters. The highest BCUT2D eigenvalue weighted by molar-refractivity contribution is 5.74. The van der Waals surface area contributed by atoms with Crippen LogP contribution >= 0.6 is 0 Å². The fourth-order valence-corrected chi connectivity index (χ4v) is 3.74. The summed E-state index contributed by atoms with van der Waals surface area (Å²) in [5, 5.41) is 3.05. The van der Waals surface area contributed by atoms with Gasteiger partial charge in [0.2, 0.25) is 0 Å². The van der Waals surface area contributed by atoms with E-state index in [-0.39, 0.29) is 11.8 Å². The molecule has 3 rings (SSSR count). The number of carbonyl (C=O) groups excluding carboxylic acids is 1. The van der Waals surface area contributed by atoms with Crippen LogP contribution in [0.3, 0.4) is 0 Å². The molecule has 0 aromatic heterocycles. The Balaban J connectivity index is 1.56. The lowest BCUT2D eigenvalue weighted by molar-refractivity contribution is 0.0478. The third kappa shape index (κ3) is 7.23. The maximum atomic E-state index is 13.3. The molecule has 1 fully saturated rings. The Hall–Kier alpha value is -2.60. The van der Waals surface area contributed by atoms with Crippen molar-refractivity contribution in [2.24, 2.45) is 11.8 Å². The van der Waals surface area contributed by atoms with Crippen molar-refractivity contribution >= 4 is 6.03 Å². The van der Waals surface area contributed by atoms with Crippen LogP contribution in [-0.2, 0) is 13.1 Å². The second-order valence-corrected chi connectivity index (χ2v) is 9.43. The summed E-state index contributed by atoms with van der Waals surface area (Å²) >= 11 is 0. The lowest BCUT2D eigenvalue weighted by Gasteiger charge is -2.44. The van der Waals surface area contributed by atoms with E-state index < -0.39 is 0 Å². The van der Waals surface area contributed by atoms with E-state index in [0.717, 1.165) is 30.0 Å². The Morgan fingerprint density at radius 3 is 2.28 bits per heavy atom. The Labute approximate surface area is 191 Å². The predicted octanol–water partition coefficient (Wildman–Crippen LogP) is 4.91. The average molecular weight is 442 g/mol. The zero-order valence-corrected chi connectivity index (χ0v) is 19.7. The number of hydrogen-bond donors (Lipinski definition) is 1. The molecule has 6 heteroatoms. The highest BCUT2D eigenvalue weighted by atomic mass is 19.1. The van der Waals surface area contributed by atoms with E-state index >= 15 is 0 Å². The number of ether oxygens (including phenoxy) is 1. The molecule has 32 heavy (non-hydrogen) atoms. The van der Waals surface area contributed by atoms with Crippen LogP contribution in [-0.4, -0.2) is 48.1 Å². The summed E-state index contributed by atoms with van der Waals surface area (Å²) in [5.41, 5.74) is 1.94. The first-order valence-electron chi connectivity index (χ1n) is 11.5. The van der Waals surface area contributed by atoms with E-state index in [1.54, 1.807) is 12.1 Å². The number of hydrogen-bond acceptors (Lipinski definition) is 3. The van der Waals surface area contributed by atoms with Crippen LogP contribution in [0.1, 0.15) is 38.8 Å². The van der Waals surface area contributed by atoms with Gasteiger partial charge in [0.1, 0.15) is 11.6 Å². The fraction of sp³-hybridized carbons (Fsp3) is 0.500. The Morgan fingerprint density at radius 2 is 1.69 bits per heavy atom. The van der Waals surface area contributed by atoms with Gasteiger partial charge in [0.25, 0.3) is 0 Å². The predicted molar refractivity (Wildman–Crippen MR) is 126 cm³/mol. The first kappa shape index (κ1) is 24.1. The van der Waals surface area contributed by atoms with Crippen molar-refractivity contribution in [2.75, 3.05) is 26.2 Å². The van der Waals surface area contributed by atoms with Crippen LogP contribution < -0.4 is 10.1 Å². The molecule has 1 aliphatic rings. The first-order valence-corrected chi connectivity index (χ1v) is 11.5. The molecule has 5 nitrogen and oxygen atoms in total. The molecule has 0 radical (unpaired) electrons. The summed E-state index contributed by atoms with van der Waals surface area (Å²) in [7, 11) is 0. The van der Waals surface area contributed by atoms with Crippen molar-refractivity contribution in [1.29, 1.82) is 0 Å². The minimum absolute atomic E-state index is 0.0996. The molecule has 1 aliphatic heterocycles. The largest absolute Gasteiger partial charge is 0.493 e. The quantitative estimate of drug-likeness (QED) is 0.570. The molecule has 0 aliphatic carbocycles. The van der Waals surface area contributed by atoms with Crippen molar-refractivity contribution in [1.82, 2.24) is 15.1 Å². The second-order valence-electron chi connectivity index (χ2n) is 9.43. The number of benzene rings is 2.